The molecule has 0 unspecified atom stereocenters. The van der Waals surface area contributed by atoms with Crippen LogP contribution in [-0.2, 0) is 12.8 Å². The highest BCUT2D eigenvalue weighted by molar-refractivity contribution is 5.42. The lowest BCUT2D eigenvalue weighted by molar-refractivity contribution is 0.111. The van der Waals surface area contributed by atoms with Crippen LogP contribution >= 0.6 is 0 Å². The van der Waals surface area contributed by atoms with Crippen LogP contribution in [0.5, 0.6) is 5.75 Å². The summed E-state index contributed by atoms with van der Waals surface area (Å²) in [6.45, 7) is 1.23. The van der Waals surface area contributed by atoms with Gasteiger partial charge >= 0.3 is 0 Å². The zero-order chi connectivity index (χ0) is 11.1. The van der Waals surface area contributed by atoms with Crippen molar-refractivity contribution in [3.8, 4) is 5.75 Å². The van der Waals surface area contributed by atoms with E-state index in [2.05, 4.69) is 18.0 Å². The van der Waals surface area contributed by atoms with Crippen molar-refractivity contribution >= 4 is 0 Å². The molecule has 86 valence electrons. The van der Waals surface area contributed by atoms with Gasteiger partial charge in [0.05, 0.1) is 0 Å². The number of fused-ring (bicyclic) bond motifs is 2. The van der Waals surface area contributed by atoms with Gasteiger partial charge in [0.25, 0.3) is 0 Å². The maximum absolute atomic E-state index is 9.90. The van der Waals surface area contributed by atoms with E-state index >= 15 is 0 Å². The molecule has 1 aliphatic carbocycles. The van der Waals surface area contributed by atoms with Crippen LogP contribution in [0.3, 0.4) is 0 Å². The molecule has 1 N–H and O–H groups in total. The van der Waals surface area contributed by atoms with Crippen LogP contribution in [0.25, 0.3) is 0 Å². The lowest BCUT2D eigenvalue weighted by atomic mass is 9.75. The number of rotatable bonds is 0. The van der Waals surface area contributed by atoms with Crippen molar-refractivity contribution in [3.05, 3.63) is 29.3 Å². The van der Waals surface area contributed by atoms with Crippen LogP contribution in [0.15, 0.2) is 18.2 Å². The molecule has 1 aliphatic heterocycles. The number of nitrogens with zero attached hydrogens (tertiary/aromatic N) is 1. The van der Waals surface area contributed by atoms with Gasteiger partial charge in [0, 0.05) is 6.04 Å². The Kier molecular flexibility index (Phi) is 2.40. The Morgan fingerprint density at radius 1 is 1.31 bits per heavy atom. The molecule has 1 aromatic rings. The summed E-state index contributed by atoms with van der Waals surface area (Å²) in [4.78, 5) is 2.50. The van der Waals surface area contributed by atoms with Crippen molar-refractivity contribution in [2.24, 2.45) is 5.92 Å². The Balaban J connectivity index is 1.96. The van der Waals surface area contributed by atoms with E-state index in [0.717, 1.165) is 18.8 Å². The molecule has 1 saturated heterocycles. The van der Waals surface area contributed by atoms with Crippen molar-refractivity contribution in [1.29, 1.82) is 0 Å². The van der Waals surface area contributed by atoms with Gasteiger partial charge in [-0.05, 0) is 62.4 Å². The van der Waals surface area contributed by atoms with Gasteiger partial charge < -0.3 is 10.0 Å². The third-order valence-electron chi connectivity index (χ3n) is 4.34. The summed E-state index contributed by atoms with van der Waals surface area (Å²) in [6, 6.07) is 6.67. The normalized spacial score (nSPS) is 29.6. The summed E-state index contributed by atoms with van der Waals surface area (Å²) in [5, 5.41) is 9.90. The van der Waals surface area contributed by atoms with E-state index < -0.39 is 0 Å². The Morgan fingerprint density at radius 2 is 2.19 bits per heavy atom. The maximum atomic E-state index is 9.90. The zero-order valence-electron chi connectivity index (χ0n) is 9.82. The van der Waals surface area contributed by atoms with Crippen LogP contribution in [0, 0.1) is 5.92 Å². The number of benzene rings is 1. The molecule has 2 heteroatoms. The molecular weight excluding hydrogens is 198 g/mol. The van der Waals surface area contributed by atoms with Crippen molar-refractivity contribution in [3.63, 3.8) is 0 Å². The average molecular weight is 217 g/mol. The Morgan fingerprint density at radius 3 is 3.06 bits per heavy atom. The largest absolute Gasteiger partial charge is 0.508 e. The first-order chi connectivity index (χ1) is 7.75. The third-order valence-corrected chi connectivity index (χ3v) is 4.34. The lowest BCUT2D eigenvalue weighted by Crippen LogP contribution is -2.47. The van der Waals surface area contributed by atoms with Crippen molar-refractivity contribution in [1.82, 2.24) is 4.90 Å². The molecule has 1 aromatic carbocycles. The molecular formula is C14H19NO. The minimum atomic E-state index is 0.504. The minimum Gasteiger partial charge on any atom is -0.508 e. The van der Waals surface area contributed by atoms with E-state index in [0.29, 0.717) is 11.8 Å². The second kappa shape index (κ2) is 3.77. The molecule has 0 saturated carbocycles. The fourth-order valence-corrected chi connectivity index (χ4v) is 3.42. The van der Waals surface area contributed by atoms with Crippen molar-refractivity contribution in [2.45, 2.75) is 31.7 Å². The summed E-state index contributed by atoms with van der Waals surface area (Å²) >= 11 is 0. The van der Waals surface area contributed by atoms with E-state index in [-0.39, 0.29) is 0 Å². The van der Waals surface area contributed by atoms with Crippen molar-refractivity contribution < 1.29 is 5.11 Å². The van der Waals surface area contributed by atoms with Crippen LogP contribution < -0.4 is 0 Å². The molecule has 0 bridgehead atoms. The summed E-state index contributed by atoms with van der Waals surface area (Å²) in [5.41, 5.74) is 2.56. The van der Waals surface area contributed by atoms with E-state index in [4.69, 9.17) is 0 Å². The number of likely N-dealkylation sites (tertiary alicyclic amines) is 1. The second-order valence-corrected chi connectivity index (χ2v) is 5.27. The highest BCUT2D eigenvalue weighted by Crippen LogP contribution is 2.37. The van der Waals surface area contributed by atoms with E-state index in [9.17, 15) is 5.11 Å². The van der Waals surface area contributed by atoms with Crippen LogP contribution in [0.2, 0.25) is 0 Å². The standard InChI is InChI=1S/C14H19NO/c1-15-7-3-5-11-8-12-10(9-13(11)15)4-2-6-14(12)16/h2,4,6,11,13,16H,3,5,7-9H2,1H3/t11-,13-/m1/s1. The minimum absolute atomic E-state index is 0.504. The van der Waals surface area contributed by atoms with Gasteiger partial charge in [-0.1, -0.05) is 12.1 Å². The van der Waals surface area contributed by atoms with Gasteiger partial charge in [-0.3, -0.25) is 0 Å². The molecule has 0 amide bonds. The van der Waals surface area contributed by atoms with Gasteiger partial charge in [-0.25, -0.2) is 0 Å². The predicted molar refractivity (Wildman–Crippen MR) is 64.7 cm³/mol. The first-order valence-electron chi connectivity index (χ1n) is 6.25. The average Bonchev–Trinajstić information content (AvgIpc) is 2.29. The molecule has 2 atom stereocenters. The third kappa shape index (κ3) is 1.52. The molecule has 3 rings (SSSR count). The molecule has 0 aromatic heterocycles. The summed E-state index contributed by atoms with van der Waals surface area (Å²) < 4.78 is 0. The number of piperidine rings is 1. The first kappa shape index (κ1) is 10.2. The molecule has 1 heterocycles. The fraction of sp³-hybridized carbons (Fsp3) is 0.571. The number of aromatic hydroxyl groups is 1. The number of phenolic OH excluding ortho intramolecular Hbond substituents is 1. The van der Waals surface area contributed by atoms with Crippen LogP contribution in [0.4, 0.5) is 0 Å². The number of hydrogen-bond donors (Lipinski definition) is 1. The van der Waals surface area contributed by atoms with E-state index in [1.165, 1.54) is 30.5 Å². The molecule has 16 heavy (non-hydrogen) atoms. The first-order valence-corrected chi connectivity index (χ1v) is 6.25. The number of hydrogen-bond acceptors (Lipinski definition) is 2. The van der Waals surface area contributed by atoms with Crippen LogP contribution in [0.1, 0.15) is 24.0 Å². The second-order valence-electron chi connectivity index (χ2n) is 5.27. The Hall–Kier alpha value is -1.02. The van der Waals surface area contributed by atoms with Crippen LogP contribution in [-0.4, -0.2) is 29.6 Å². The fourth-order valence-electron chi connectivity index (χ4n) is 3.42. The van der Waals surface area contributed by atoms with Crippen molar-refractivity contribution in [2.75, 3.05) is 13.6 Å². The predicted octanol–water partition coefficient (Wildman–Crippen LogP) is 2.20. The smallest absolute Gasteiger partial charge is 0.119 e. The lowest BCUT2D eigenvalue weighted by Gasteiger charge is -2.43. The summed E-state index contributed by atoms with van der Waals surface area (Å²) in [7, 11) is 2.24. The Labute approximate surface area is 96.9 Å². The molecule has 0 radical (unpaired) electrons. The van der Waals surface area contributed by atoms with Gasteiger partial charge in [0.2, 0.25) is 0 Å². The molecule has 0 spiro atoms. The van der Waals surface area contributed by atoms with E-state index in [1.54, 1.807) is 0 Å². The molecule has 2 nitrogen and oxygen atoms in total. The zero-order valence-corrected chi connectivity index (χ0v) is 9.82. The monoisotopic (exact) mass is 217 g/mol. The highest BCUT2D eigenvalue weighted by atomic mass is 16.3. The van der Waals surface area contributed by atoms with Gasteiger partial charge in [-0.15, -0.1) is 0 Å². The maximum Gasteiger partial charge on any atom is 0.119 e. The summed E-state index contributed by atoms with van der Waals surface area (Å²) in [6.07, 6.45) is 4.81. The highest BCUT2D eigenvalue weighted by Gasteiger charge is 2.34. The molecule has 1 fully saturated rings. The number of likely N-dealkylation sites (N-methyl/N-ethyl adjacent to an activating group) is 1. The summed E-state index contributed by atoms with van der Waals surface area (Å²) in [5.74, 6) is 1.25. The topological polar surface area (TPSA) is 23.5 Å². The van der Waals surface area contributed by atoms with E-state index in [1.807, 2.05) is 12.1 Å². The van der Waals surface area contributed by atoms with Gasteiger partial charge in [0.1, 0.15) is 5.75 Å². The van der Waals surface area contributed by atoms with Gasteiger partial charge in [-0.2, -0.15) is 0 Å². The quantitative estimate of drug-likeness (QED) is 0.720. The molecule has 2 aliphatic rings. The number of phenols is 1. The van der Waals surface area contributed by atoms with Gasteiger partial charge in [0.15, 0.2) is 0 Å². The Bertz CT molecular complexity index is 402. The SMILES string of the molecule is CN1CCC[C@@H]2Cc3c(O)cccc3C[C@H]21.